The Hall–Kier alpha value is -3.41. The van der Waals surface area contributed by atoms with E-state index in [1.54, 1.807) is 13.2 Å². The molecule has 0 aliphatic carbocycles. The lowest BCUT2D eigenvalue weighted by molar-refractivity contribution is 0.0649. The molecular weight excluding hydrogens is 402 g/mol. The Balaban J connectivity index is 1.40. The van der Waals surface area contributed by atoms with Gasteiger partial charge >= 0.3 is 0 Å². The molecule has 2 aliphatic rings. The number of benzene rings is 3. The summed E-state index contributed by atoms with van der Waals surface area (Å²) in [5.74, 6) is 1.67. The van der Waals surface area contributed by atoms with Crippen LogP contribution in [0, 0.1) is 6.92 Å². The Morgan fingerprint density at radius 3 is 2.53 bits per heavy atom. The molecule has 0 fully saturated rings. The summed E-state index contributed by atoms with van der Waals surface area (Å²) >= 11 is 0. The van der Waals surface area contributed by atoms with E-state index in [0.717, 1.165) is 46.7 Å². The highest BCUT2D eigenvalue weighted by molar-refractivity contribution is 6.15. The predicted octanol–water partition coefficient (Wildman–Crippen LogP) is 5.08. The van der Waals surface area contributed by atoms with Crippen molar-refractivity contribution in [3.05, 3.63) is 88.7 Å². The number of nitrogens with zero attached hydrogens (tertiary/aromatic N) is 1. The summed E-state index contributed by atoms with van der Waals surface area (Å²) in [7, 11) is 1.69. The molecule has 5 rings (SSSR count). The quantitative estimate of drug-likeness (QED) is 0.532. The zero-order chi connectivity index (χ0) is 22.1. The van der Waals surface area contributed by atoms with Gasteiger partial charge in [0.15, 0.2) is 5.76 Å². The molecule has 0 saturated carbocycles. The van der Waals surface area contributed by atoms with Gasteiger partial charge in [0, 0.05) is 31.3 Å². The molecular formula is C27H25NO4. The van der Waals surface area contributed by atoms with Crippen molar-refractivity contribution in [2.75, 3.05) is 27.0 Å². The second-order valence-electron chi connectivity index (χ2n) is 8.11. The second kappa shape index (κ2) is 8.61. The van der Waals surface area contributed by atoms with E-state index in [2.05, 4.69) is 29.2 Å². The van der Waals surface area contributed by atoms with E-state index in [1.165, 1.54) is 0 Å². The molecule has 5 nitrogen and oxygen atoms in total. The minimum Gasteiger partial charge on any atom is -0.477 e. The van der Waals surface area contributed by atoms with Gasteiger partial charge in [0.05, 0.1) is 12.2 Å². The Morgan fingerprint density at radius 1 is 1.03 bits per heavy atom. The third-order valence-electron chi connectivity index (χ3n) is 5.93. The summed E-state index contributed by atoms with van der Waals surface area (Å²) in [6.45, 7) is 4.59. The van der Waals surface area contributed by atoms with Gasteiger partial charge in [0.2, 0.25) is 5.78 Å². The summed E-state index contributed by atoms with van der Waals surface area (Å²) in [5, 5.41) is 0. The number of hydrogen-bond acceptors (Lipinski definition) is 5. The molecule has 2 aliphatic heterocycles. The van der Waals surface area contributed by atoms with Crippen LogP contribution in [-0.2, 0) is 11.3 Å². The smallest absolute Gasteiger partial charge is 0.231 e. The van der Waals surface area contributed by atoms with Gasteiger partial charge in [0.25, 0.3) is 0 Å². The van der Waals surface area contributed by atoms with Gasteiger partial charge in [-0.3, -0.25) is 9.69 Å². The summed E-state index contributed by atoms with van der Waals surface area (Å²) in [4.78, 5) is 15.3. The summed E-state index contributed by atoms with van der Waals surface area (Å²) in [6.07, 6.45) is 1.81. The first-order valence-electron chi connectivity index (χ1n) is 10.7. The molecule has 0 unspecified atom stereocenters. The molecule has 5 heteroatoms. The van der Waals surface area contributed by atoms with Crippen molar-refractivity contribution in [3.8, 4) is 22.6 Å². The van der Waals surface area contributed by atoms with Gasteiger partial charge in [-0.05, 0) is 35.8 Å². The van der Waals surface area contributed by atoms with Crippen molar-refractivity contribution in [1.82, 2.24) is 4.90 Å². The van der Waals surface area contributed by atoms with Gasteiger partial charge in [-0.25, -0.2) is 0 Å². The lowest BCUT2D eigenvalue weighted by atomic mass is 9.99. The Kier molecular flexibility index (Phi) is 5.52. The number of allylic oxidation sites excluding steroid dienone is 1. The van der Waals surface area contributed by atoms with E-state index in [0.29, 0.717) is 30.4 Å². The maximum atomic E-state index is 13.1. The molecule has 0 aromatic heterocycles. The largest absolute Gasteiger partial charge is 0.477 e. The topological polar surface area (TPSA) is 48.0 Å². The minimum absolute atomic E-state index is 0.0907. The average molecular weight is 428 g/mol. The number of Topliss-reactive ketones (excluding diaryl/α,β-unsaturated/α-hetero) is 1. The van der Waals surface area contributed by atoms with Gasteiger partial charge < -0.3 is 14.2 Å². The van der Waals surface area contributed by atoms with Gasteiger partial charge in [-0.15, -0.1) is 0 Å². The molecule has 0 spiro atoms. The maximum Gasteiger partial charge on any atom is 0.231 e. The third-order valence-corrected chi connectivity index (χ3v) is 5.93. The fraction of sp³-hybridized carbons (Fsp3) is 0.222. The van der Waals surface area contributed by atoms with Crippen molar-refractivity contribution in [2.24, 2.45) is 0 Å². The van der Waals surface area contributed by atoms with Crippen molar-refractivity contribution in [3.63, 3.8) is 0 Å². The van der Waals surface area contributed by atoms with Crippen molar-refractivity contribution >= 4 is 11.9 Å². The zero-order valence-corrected chi connectivity index (χ0v) is 18.3. The van der Waals surface area contributed by atoms with Gasteiger partial charge in [-0.1, -0.05) is 54.6 Å². The van der Waals surface area contributed by atoms with Crippen LogP contribution < -0.4 is 9.47 Å². The highest BCUT2D eigenvalue weighted by Crippen LogP contribution is 2.43. The second-order valence-corrected chi connectivity index (χ2v) is 8.11. The minimum atomic E-state index is -0.0907. The van der Waals surface area contributed by atoms with Crippen LogP contribution in [0.4, 0.5) is 0 Å². The summed E-state index contributed by atoms with van der Waals surface area (Å²) in [5.41, 5.74) is 5.70. The standard InChI is InChI=1S/C27H25NO4/c1-18-26-22(16-28(17-31-26)12-13-30-2)15-23-25(29)24(32-27(18)23)14-19-8-10-21(11-9-19)20-6-4-3-5-7-20/h3-11,14-15H,12-13,16-17H2,1-2H3/b24-14-. The molecule has 0 saturated heterocycles. The van der Waals surface area contributed by atoms with E-state index in [1.807, 2.05) is 43.3 Å². The highest BCUT2D eigenvalue weighted by atomic mass is 16.5. The SMILES string of the molecule is COCCN1COc2c(cc3c(c2C)O/C(=C\c2ccc(-c4ccccc4)cc2)C3=O)C1. The molecule has 0 radical (unpaired) electrons. The van der Waals surface area contributed by atoms with E-state index in [-0.39, 0.29) is 5.78 Å². The number of rotatable bonds is 5. The van der Waals surface area contributed by atoms with Crippen LogP contribution >= 0.6 is 0 Å². The van der Waals surface area contributed by atoms with E-state index >= 15 is 0 Å². The molecule has 162 valence electrons. The normalized spacial score (nSPS) is 16.4. The van der Waals surface area contributed by atoms with Crippen molar-refractivity contribution in [2.45, 2.75) is 13.5 Å². The van der Waals surface area contributed by atoms with Crippen molar-refractivity contribution in [1.29, 1.82) is 0 Å². The van der Waals surface area contributed by atoms with Gasteiger partial charge in [0.1, 0.15) is 18.2 Å². The number of ketones is 1. The molecule has 0 N–H and O–H groups in total. The zero-order valence-electron chi connectivity index (χ0n) is 18.3. The van der Waals surface area contributed by atoms with Crippen LogP contribution in [0.3, 0.4) is 0 Å². The lowest BCUT2D eigenvalue weighted by Crippen LogP contribution is -2.34. The first-order chi connectivity index (χ1) is 15.6. The fourth-order valence-corrected chi connectivity index (χ4v) is 4.21. The monoisotopic (exact) mass is 427 g/mol. The molecule has 2 heterocycles. The number of carbonyl (C=O) groups excluding carboxylic acids is 1. The molecule has 32 heavy (non-hydrogen) atoms. The summed E-state index contributed by atoms with van der Waals surface area (Å²) < 4.78 is 17.2. The van der Waals surface area contributed by atoms with Crippen LogP contribution in [0.2, 0.25) is 0 Å². The lowest BCUT2D eigenvalue weighted by Gasteiger charge is -2.30. The first kappa shape index (κ1) is 20.5. The van der Waals surface area contributed by atoms with E-state index in [9.17, 15) is 4.79 Å². The van der Waals surface area contributed by atoms with Crippen molar-refractivity contribution < 1.29 is 19.0 Å². The fourth-order valence-electron chi connectivity index (χ4n) is 4.21. The Labute approximate surface area is 187 Å². The highest BCUT2D eigenvalue weighted by Gasteiger charge is 2.33. The average Bonchev–Trinajstić information content (AvgIpc) is 3.14. The number of hydrogen-bond donors (Lipinski definition) is 0. The number of methoxy groups -OCH3 is 1. The van der Waals surface area contributed by atoms with Gasteiger partial charge in [-0.2, -0.15) is 0 Å². The van der Waals surface area contributed by atoms with Crippen LogP contribution in [0.15, 0.2) is 66.4 Å². The van der Waals surface area contributed by atoms with Crippen LogP contribution in [0.5, 0.6) is 11.5 Å². The molecule has 3 aromatic rings. The van der Waals surface area contributed by atoms with Crippen LogP contribution in [0.25, 0.3) is 17.2 Å². The predicted molar refractivity (Wildman–Crippen MR) is 124 cm³/mol. The summed E-state index contributed by atoms with van der Waals surface area (Å²) in [6, 6.07) is 20.2. The number of fused-ring (bicyclic) bond motifs is 2. The Morgan fingerprint density at radius 2 is 1.78 bits per heavy atom. The molecule has 0 bridgehead atoms. The number of ether oxygens (including phenoxy) is 3. The van der Waals surface area contributed by atoms with E-state index in [4.69, 9.17) is 14.2 Å². The number of carbonyl (C=O) groups is 1. The van der Waals surface area contributed by atoms with Crippen LogP contribution in [-0.4, -0.2) is 37.7 Å². The van der Waals surface area contributed by atoms with Crippen LogP contribution in [0.1, 0.15) is 27.0 Å². The molecule has 3 aromatic carbocycles. The third kappa shape index (κ3) is 3.81. The van der Waals surface area contributed by atoms with E-state index < -0.39 is 0 Å². The maximum absolute atomic E-state index is 13.1. The molecule has 0 amide bonds. The first-order valence-corrected chi connectivity index (χ1v) is 10.7. The Bertz CT molecular complexity index is 1180. The molecule has 0 atom stereocenters.